The number of carbonyl (C=O) groups excluding carboxylic acids is 1. The summed E-state index contributed by atoms with van der Waals surface area (Å²) in [5.74, 6) is 0.117. The van der Waals surface area contributed by atoms with E-state index in [0.717, 1.165) is 22.9 Å². The number of benzene rings is 2. The molecule has 0 saturated carbocycles. The normalized spacial score (nSPS) is 11.8. The third-order valence-corrected chi connectivity index (χ3v) is 6.13. The van der Waals surface area contributed by atoms with Crippen molar-refractivity contribution in [2.24, 2.45) is 0 Å². The van der Waals surface area contributed by atoms with Crippen LogP contribution < -0.4 is 5.32 Å². The lowest BCUT2D eigenvalue weighted by Crippen LogP contribution is -2.22. The molecule has 0 bridgehead atoms. The molecule has 0 spiro atoms. The smallest absolute Gasteiger partial charge is 0.277 e. The molecule has 2 aromatic carbocycles. The summed E-state index contributed by atoms with van der Waals surface area (Å²) in [5, 5.41) is 23.7. The topological polar surface area (TPSA) is 124 Å². The van der Waals surface area contributed by atoms with Gasteiger partial charge in [0.25, 0.3) is 10.9 Å². The zero-order valence-corrected chi connectivity index (χ0v) is 18.6. The standard InChI is InChI=1S/C21H17N5O4S2/c1-12-6-8-14(9-7-12)19-24-25-21(30-19)32-13(2)18(27)23-20-22-17(11-31-20)15-4-3-5-16(10-15)26(28)29/h3-11,13H,1-2H3,(H,22,23,27). The highest BCUT2D eigenvalue weighted by molar-refractivity contribution is 8.00. The maximum Gasteiger partial charge on any atom is 0.277 e. The number of amides is 1. The summed E-state index contributed by atoms with van der Waals surface area (Å²) in [7, 11) is 0. The number of carbonyl (C=O) groups is 1. The molecular weight excluding hydrogens is 450 g/mol. The SMILES string of the molecule is Cc1ccc(-c2nnc(SC(C)C(=O)Nc3nc(-c4cccc([N+](=O)[O-])c4)cs3)o2)cc1. The molecule has 1 atom stereocenters. The zero-order chi connectivity index (χ0) is 22.7. The second-order valence-electron chi connectivity index (χ2n) is 6.83. The van der Waals surface area contributed by atoms with E-state index in [1.165, 1.54) is 23.5 Å². The number of hydrogen-bond donors (Lipinski definition) is 1. The van der Waals surface area contributed by atoms with E-state index in [0.29, 0.717) is 27.5 Å². The fraction of sp³-hybridized carbons (Fsp3) is 0.143. The van der Waals surface area contributed by atoms with Crippen molar-refractivity contribution in [3.8, 4) is 22.7 Å². The van der Waals surface area contributed by atoms with Gasteiger partial charge in [0.2, 0.25) is 11.8 Å². The van der Waals surface area contributed by atoms with E-state index in [1.54, 1.807) is 24.4 Å². The minimum atomic E-state index is -0.508. The monoisotopic (exact) mass is 467 g/mol. The average molecular weight is 468 g/mol. The predicted octanol–water partition coefficient (Wildman–Crippen LogP) is 5.20. The van der Waals surface area contributed by atoms with Gasteiger partial charge in [-0.05, 0) is 26.0 Å². The summed E-state index contributed by atoms with van der Waals surface area (Å²) in [5.41, 5.74) is 3.07. The Kier molecular flexibility index (Phi) is 6.28. The van der Waals surface area contributed by atoms with Gasteiger partial charge in [-0.15, -0.1) is 21.5 Å². The van der Waals surface area contributed by atoms with Crippen LogP contribution in [0.5, 0.6) is 0 Å². The zero-order valence-electron chi connectivity index (χ0n) is 17.0. The number of anilines is 1. The molecule has 0 aliphatic rings. The van der Waals surface area contributed by atoms with Gasteiger partial charge in [0.15, 0.2) is 5.13 Å². The van der Waals surface area contributed by atoms with Crippen LogP contribution >= 0.6 is 23.1 Å². The number of nitrogens with zero attached hydrogens (tertiary/aromatic N) is 4. The Balaban J connectivity index is 1.39. The molecule has 4 rings (SSSR count). The Labute approximate surface area is 191 Å². The van der Waals surface area contributed by atoms with Gasteiger partial charge in [0, 0.05) is 28.6 Å². The van der Waals surface area contributed by atoms with Gasteiger partial charge >= 0.3 is 0 Å². The lowest BCUT2D eigenvalue weighted by molar-refractivity contribution is -0.384. The van der Waals surface area contributed by atoms with Crippen LogP contribution in [0.25, 0.3) is 22.7 Å². The average Bonchev–Trinajstić information content (AvgIpc) is 3.44. The molecule has 9 nitrogen and oxygen atoms in total. The Morgan fingerprint density at radius 3 is 2.72 bits per heavy atom. The van der Waals surface area contributed by atoms with E-state index >= 15 is 0 Å². The summed E-state index contributed by atoms with van der Waals surface area (Å²) in [4.78, 5) is 27.4. The molecule has 0 aliphatic heterocycles. The number of thioether (sulfide) groups is 1. The first kappa shape index (κ1) is 21.7. The molecule has 4 aromatic rings. The Morgan fingerprint density at radius 2 is 1.97 bits per heavy atom. The number of aromatic nitrogens is 3. The van der Waals surface area contributed by atoms with Crippen LogP contribution in [0.1, 0.15) is 12.5 Å². The summed E-state index contributed by atoms with van der Waals surface area (Å²) < 4.78 is 5.67. The number of rotatable bonds is 7. The Bertz CT molecular complexity index is 1270. The Morgan fingerprint density at radius 1 is 1.19 bits per heavy atom. The summed E-state index contributed by atoms with van der Waals surface area (Å²) in [6, 6.07) is 13.9. The molecule has 162 valence electrons. The van der Waals surface area contributed by atoms with Crippen molar-refractivity contribution >= 4 is 39.8 Å². The highest BCUT2D eigenvalue weighted by atomic mass is 32.2. The van der Waals surface area contributed by atoms with E-state index < -0.39 is 10.2 Å². The number of aryl methyl sites for hydroxylation is 1. The summed E-state index contributed by atoms with van der Waals surface area (Å²) >= 11 is 2.39. The van der Waals surface area contributed by atoms with Crippen LogP contribution in [0.2, 0.25) is 0 Å². The first-order chi connectivity index (χ1) is 15.4. The molecule has 32 heavy (non-hydrogen) atoms. The van der Waals surface area contributed by atoms with Crippen LogP contribution in [-0.4, -0.2) is 31.3 Å². The maximum absolute atomic E-state index is 12.6. The van der Waals surface area contributed by atoms with E-state index in [9.17, 15) is 14.9 Å². The second-order valence-corrected chi connectivity index (χ2v) is 8.98. The van der Waals surface area contributed by atoms with Crippen LogP contribution in [-0.2, 0) is 4.79 Å². The Hall–Kier alpha value is -3.57. The lowest BCUT2D eigenvalue weighted by Gasteiger charge is -2.07. The van der Waals surface area contributed by atoms with Crippen LogP contribution in [0, 0.1) is 17.0 Å². The fourth-order valence-corrected chi connectivity index (χ4v) is 4.13. The van der Waals surface area contributed by atoms with Crippen molar-refractivity contribution in [2.75, 3.05) is 5.32 Å². The van der Waals surface area contributed by atoms with Crippen molar-refractivity contribution in [2.45, 2.75) is 24.3 Å². The van der Waals surface area contributed by atoms with Crippen molar-refractivity contribution in [1.29, 1.82) is 0 Å². The molecule has 1 unspecified atom stereocenters. The first-order valence-corrected chi connectivity index (χ1v) is 11.2. The molecule has 11 heteroatoms. The molecule has 1 amide bonds. The van der Waals surface area contributed by atoms with Crippen LogP contribution in [0.4, 0.5) is 10.8 Å². The van der Waals surface area contributed by atoms with Gasteiger partial charge in [-0.1, -0.05) is 41.6 Å². The largest absolute Gasteiger partial charge is 0.411 e. The predicted molar refractivity (Wildman–Crippen MR) is 123 cm³/mol. The highest BCUT2D eigenvalue weighted by Crippen LogP contribution is 2.29. The van der Waals surface area contributed by atoms with Crippen molar-refractivity contribution in [3.05, 3.63) is 69.6 Å². The van der Waals surface area contributed by atoms with Crippen molar-refractivity contribution < 1.29 is 14.1 Å². The number of hydrogen-bond acceptors (Lipinski definition) is 9. The number of thiazole rings is 1. The van der Waals surface area contributed by atoms with Crippen molar-refractivity contribution in [1.82, 2.24) is 15.2 Å². The lowest BCUT2D eigenvalue weighted by atomic mass is 10.1. The molecule has 1 N–H and O–H groups in total. The number of nitrogens with one attached hydrogen (secondary N) is 1. The minimum absolute atomic E-state index is 0.0179. The first-order valence-electron chi connectivity index (χ1n) is 9.47. The minimum Gasteiger partial charge on any atom is -0.411 e. The van der Waals surface area contributed by atoms with Gasteiger partial charge < -0.3 is 9.73 Å². The molecule has 2 heterocycles. The van der Waals surface area contributed by atoms with Gasteiger partial charge in [-0.25, -0.2) is 4.98 Å². The van der Waals surface area contributed by atoms with E-state index in [4.69, 9.17) is 4.42 Å². The van der Waals surface area contributed by atoms with Gasteiger partial charge in [0.1, 0.15) is 0 Å². The molecule has 0 saturated heterocycles. The fourth-order valence-electron chi connectivity index (χ4n) is 2.72. The highest BCUT2D eigenvalue weighted by Gasteiger charge is 2.20. The molecule has 0 aliphatic carbocycles. The molecular formula is C21H17N5O4S2. The van der Waals surface area contributed by atoms with Crippen LogP contribution in [0.3, 0.4) is 0 Å². The molecule has 2 aromatic heterocycles. The van der Waals surface area contributed by atoms with Crippen molar-refractivity contribution in [3.63, 3.8) is 0 Å². The number of nitro groups is 1. The summed E-state index contributed by atoms with van der Waals surface area (Å²) in [6.45, 7) is 3.72. The molecule has 0 radical (unpaired) electrons. The van der Waals surface area contributed by atoms with Gasteiger partial charge in [-0.2, -0.15) is 0 Å². The number of non-ortho nitro benzene ring substituents is 1. The van der Waals surface area contributed by atoms with E-state index in [-0.39, 0.29) is 11.6 Å². The van der Waals surface area contributed by atoms with Gasteiger partial charge in [0.05, 0.1) is 15.9 Å². The molecule has 0 fully saturated rings. The summed E-state index contributed by atoms with van der Waals surface area (Å²) in [6.07, 6.45) is 0. The third-order valence-electron chi connectivity index (χ3n) is 4.44. The van der Waals surface area contributed by atoms with Gasteiger partial charge in [-0.3, -0.25) is 14.9 Å². The van der Waals surface area contributed by atoms with Crippen LogP contribution in [0.15, 0.2) is 63.6 Å². The third kappa shape index (κ3) is 5.01. The quantitative estimate of drug-likeness (QED) is 0.223. The maximum atomic E-state index is 12.6. The van der Waals surface area contributed by atoms with E-state index in [1.807, 2.05) is 31.2 Å². The second kappa shape index (κ2) is 9.28. The number of nitro benzene ring substituents is 1. The van der Waals surface area contributed by atoms with E-state index in [2.05, 4.69) is 20.5 Å².